The van der Waals surface area contributed by atoms with E-state index >= 15 is 0 Å². The molecule has 39 heavy (non-hydrogen) atoms. The molecular formula is C35H36O4. The Bertz CT molecular complexity index is 1430. The second-order valence-corrected chi connectivity index (χ2v) is 10.8. The molecule has 3 aromatic rings. The predicted molar refractivity (Wildman–Crippen MR) is 156 cm³/mol. The summed E-state index contributed by atoms with van der Waals surface area (Å²) in [6.45, 7) is 4.10. The number of allylic oxidation sites excluding steroid dienone is 5. The highest BCUT2D eigenvalue weighted by atomic mass is 16.5. The number of fused-ring (bicyclic) bond motifs is 1. The van der Waals surface area contributed by atoms with Gasteiger partial charge in [0.05, 0.1) is 14.2 Å². The molecule has 200 valence electrons. The summed E-state index contributed by atoms with van der Waals surface area (Å²) in [7, 11) is 3.29. The summed E-state index contributed by atoms with van der Waals surface area (Å²) in [6.07, 6.45) is 7.38. The maximum atomic E-state index is 13.9. The number of hydrogen-bond acceptors (Lipinski definition) is 4. The van der Waals surface area contributed by atoms with Crippen LogP contribution in [0.3, 0.4) is 0 Å². The van der Waals surface area contributed by atoms with Gasteiger partial charge in [-0.25, -0.2) is 0 Å². The van der Waals surface area contributed by atoms with E-state index in [1.807, 2.05) is 36.4 Å². The van der Waals surface area contributed by atoms with Crippen LogP contribution in [0.5, 0.6) is 11.5 Å². The maximum Gasteiger partial charge on any atom is 0.163 e. The summed E-state index contributed by atoms with van der Waals surface area (Å²) in [5.41, 5.74) is 4.61. The summed E-state index contributed by atoms with van der Waals surface area (Å²) >= 11 is 0. The molecule has 0 heterocycles. The van der Waals surface area contributed by atoms with E-state index in [4.69, 9.17) is 9.47 Å². The van der Waals surface area contributed by atoms with Gasteiger partial charge in [0, 0.05) is 41.2 Å². The molecule has 3 aromatic carbocycles. The van der Waals surface area contributed by atoms with Crippen molar-refractivity contribution in [1.82, 2.24) is 0 Å². The van der Waals surface area contributed by atoms with Crippen molar-refractivity contribution in [1.29, 1.82) is 0 Å². The number of ketones is 1. The molecule has 0 aliphatic heterocycles. The molecule has 4 nitrogen and oxygen atoms in total. The molecule has 0 radical (unpaired) electrons. The summed E-state index contributed by atoms with van der Waals surface area (Å²) in [5, 5.41) is 10.6. The zero-order valence-electron chi connectivity index (χ0n) is 23.1. The fraction of sp³-hybridized carbons (Fsp3) is 0.286. The van der Waals surface area contributed by atoms with E-state index in [1.54, 1.807) is 20.3 Å². The van der Waals surface area contributed by atoms with Gasteiger partial charge in [0.1, 0.15) is 17.3 Å². The summed E-state index contributed by atoms with van der Waals surface area (Å²) in [4.78, 5) is 13.9. The van der Waals surface area contributed by atoms with Crippen LogP contribution < -0.4 is 4.74 Å². The van der Waals surface area contributed by atoms with Gasteiger partial charge < -0.3 is 14.6 Å². The minimum atomic E-state index is -0.536. The SMILES string of the molecule is COC1=C(CC=C(C)C)C(=O)C[C@]2(/C=C/c3ccccc3)[C@H]1[C@H](c1ccccc1)[C@H]2c1cc(O)cc(OC)c1. The van der Waals surface area contributed by atoms with E-state index in [0.29, 0.717) is 18.6 Å². The molecule has 0 spiro atoms. The van der Waals surface area contributed by atoms with E-state index in [-0.39, 0.29) is 29.3 Å². The first kappa shape index (κ1) is 26.6. The Labute approximate surface area is 231 Å². The smallest absolute Gasteiger partial charge is 0.163 e. The van der Waals surface area contributed by atoms with Crippen molar-refractivity contribution in [3.05, 3.63) is 125 Å². The molecule has 0 amide bonds. The van der Waals surface area contributed by atoms with Gasteiger partial charge >= 0.3 is 0 Å². The van der Waals surface area contributed by atoms with Gasteiger partial charge in [0.2, 0.25) is 0 Å². The lowest BCUT2D eigenvalue weighted by molar-refractivity contribution is -0.125. The van der Waals surface area contributed by atoms with Crippen molar-refractivity contribution in [2.75, 3.05) is 14.2 Å². The Hall–Kier alpha value is -4.05. The van der Waals surface area contributed by atoms with Crippen LogP contribution in [0.1, 0.15) is 55.2 Å². The fourth-order valence-electron chi connectivity index (χ4n) is 6.61. The van der Waals surface area contributed by atoms with Gasteiger partial charge in [0.15, 0.2) is 5.78 Å². The number of hydrogen-bond donors (Lipinski definition) is 1. The molecule has 0 saturated heterocycles. The van der Waals surface area contributed by atoms with E-state index < -0.39 is 5.41 Å². The molecule has 4 atom stereocenters. The molecule has 0 aromatic heterocycles. The van der Waals surface area contributed by atoms with Crippen LogP contribution in [0.25, 0.3) is 6.08 Å². The third-order valence-electron chi connectivity index (χ3n) is 8.27. The second kappa shape index (κ2) is 11.0. The zero-order chi connectivity index (χ0) is 27.6. The number of benzene rings is 3. The molecule has 2 aliphatic carbocycles. The van der Waals surface area contributed by atoms with Gasteiger partial charge in [0.25, 0.3) is 0 Å². The number of carbonyl (C=O) groups excluding carboxylic acids is 1. The molecule has 1 N–H and O–H groups in total. The van der Waals surface area contributed by atoms with E-state index in [0.717, 1.165) is 22.5 Å². The van der Waals surface area contributed by atoms with Gasteiger partial charge in [-0.05, 0) is 49.1 Å². The molecule has 0 unspecified atom stereocenters. The first-order valence-electron chi connectivity index (χ1n) is 13.5. The van der Waals surface area contributed by atoms with E-state index in [1.165, 1.54) is 11.1 Å². The quantitative estimate of drug-likeness (QED) is 0.308. The number of ether oxygens (including phenoxy) is 2. The largest absolute Gasteiger partial charge is 0.508 e. The van der Waals surface area contributed by atoms with Crippen molar-refractivity contribution in [3.8, 4) is 11.5 Å². The maximum absolute atomic E-state index is 13.9. The number of Topliss-reactive ketones (excluding diaryl/α,β-unsaturated/α-hetero) is 1. The Morgan fingerprint density at radius 3 is 2.26 bits per heavy atom. The first-order valence-corrected chi connectivity index (χ1v) is 13.5. The van der Waals surface area contributed by atoms with Gasteiger partial charge in [-0.15, -0.1) is 0 Å². The topological polar surface area (TPSA) is 55.8 Å². The van der Waals surface area contributed by atoms with Crippen molar-refractivity contribution in [2.24, 2.45) is 11.3 Å². The lowest BCUT2D eigenvalue weighted by Gasteiger charge is -2.63. The standard InChI is InChI=1S/C35H36O4/c1-23(2)15-16-29-30(37)22-35(18-17-24-11-7-5-8-12-24)32(26-19-27(36)21-28(20-26)38-3)31(33(35)34(29)39-4)25-13-9-6-10-14-25/h5-15,17-21,31-33,36H,16,22H2,1-4H3/b18-17+/t31-,32-,33+,35+/m1/s1. The zero-order valence-corrected chi connectivity index (χ0v) is 23.1. The number of aromatic hydroxyl groups is 1. The van der Waals surface area contributed by atoms with E-state index in [9.17, 15) is 9.90 Å². The van der Waals surface area contributed by atoms with Crippen molar-refractivity contribution in [2.45, 2.75) is 38.5 Å². The minimum absolute atomic E-state index is 0.0403. The van der Waals surface area contributed by atoms with Crippen LogP contribution in [0, 0.1) is 11.3 Å². The summed E-state index contributed by atoms with van der Waals surface area (Å²) < 4.78 is 11.7. The van der Waals surface area contributed by atoms with Crippen LogP contribution >= 0.6 is 0 Å². The highest BCUT2D eigenvalue weighted by Gasteiger charge is 2.66. The molecule has 1 saturated carbocycles. The highest BCUT2D eigenvalue weighted by Crippen LogP contribution is 2.72. The minimum Gasteiger partial charge on any atom is -0.508 e. The number of carbonyl (C=O) groups is 1. The van der Waals surface area contributed by atoms with Crippen LogP contribution in [-0.2, 0) is 9.53 Å². The Morgan fingerprint density at radius 2 is 1.62 bits per heavy atom. The van der Waals surface area contributed by atoms with Crippen LogP contribution in [0.4, 0.5) is 0 Å². The van der Waals surface area contributed by atoms with Crippen LogP contribution in [0.15, 0.2) is 108 Å². The lowest BCUT2D eigenvalue weighted by atomic mass is 9.40. The molecule has 2 aliphatic rings. The molecule has 0 bridgehead atoms. The Balaban J connectivity index is 1.75. The monoisotopic (exact) mass is 520 g/mol. The molecule has 1 fully saturated rings. The fourth-order valence-corrected chi connectivity index (χ4v) is 6.61. The average molecular weight is 521 g/mol. The Morgan fingerprint density at radius 1 is 0.923 bits per heavy atom. The molecular weight excluding hydrogens is 484 g/mol. The highest BCUT2D eigenvalue weighted by molar-refractivity contribution is 5.98. The average Bonchev–Trinajstić information content (AvgIpc) is 2.93. The van der Waals surface area contributed by atoms with Crippen LogP contribution in [-0.4, -0.2) is 25.1 Å². The summed E-state index contributed by atoms with van der Waals surface area (Å²) in [6, 6.07) is 26.1. The third-order valence-corrected chi connectivity index (χ3v) is 8.27. The van der Waals surface area contributed by atoms with Crippen molar-refractivity contribution in [3.63, 3.8) is 0 Å². The van der Waals surface area contributed by atoms with E-state index in [2.05, 4.69) is 68.5 Å². The van der Waals surface area contributed by atoms with Crippen LogP contribution in [0.2, 0.25) is 0 Å². The van der Waals surface area contributed by atoms with Gasteiger partial charge in [-0.2, -0.15) is 0 Å². The summed E-state index contributed by atoms with van der Waals surface area (Å²) in [5.74, 6) is 1.56. The number of phenolic OH excluding ortho intramolecular Hbond substituents is 1. The number of methoxy groups -OCH3 is 2. The number of phenols is 1. The Kier molecular flexibility index (Phi) is 7.47. The van der Waals surface area contributed by atoms with Crippen molar-refractivity contribution < 1.29 is 19.4 Å². The van der Waals surface area contributed by atoms with Gasteiger partial charge in [-0.1, -0.05) is 84.5 Å². The first-order chi connectivity index (χ1) is 18.9. The van der Waals surface area contributed by atoms with Gasteiger partial charge in [-0.3, -0.25) is 4.79 Å². The van der Waals surface area contributed by atoms with Crippen molar-refractivity contribution >= 4 is 11.9 Å². The third kappa shape index (κ3) is 4.92. The normalized spacial score (nSPS) is 24.2. The second-order valence-electron chi connectivity index (χ2n) is 10.8. The number of rotatable bonds is 8. The molecule has 5 rings (SSSR count). The molecule has 4 heteroatoms. The lowest BCUT2D eigenvalue weighted by Crippen LogP contribution is -2.57. The predicted octanol–water partition coefficient (Wildman–Crippen LogP) is 7.83.